The fourth-order valence-corrected chi connectivity index (χ4v) is 2.46. The Morgan fingerprint density at radius 3 is 2.44 bits per heavy atom. The summed E-state index contributed by atoms with van der Waals surface area (Å²) >= 11 is 0. The average molecular weight is 253 g/mol. The molecule has 0 unspecified atom stereocenters. The molecule has 98 valence electrons. The van der Waals surface area contributed by atoms with Gasteiger partial charge in [-0.05, 0) is 12.8 Å². The Bertz CT molecular complexity index is 581. The first-order valence-corrected chi connectivity index (χ1v) is 5.99. The summed E-state index contributed by atoms with van der Waals surface area (Å²) in [6.45, 7) is 0. The molecule has 0 atom stereocenters. The van der Waals surface area contributed by atoms with Gasteiger partial charge in [0.25, 0.3) is 0 Å². The lowest BCUT2D eigenvalue weighted by Crippen LogP contribution is -2.42. The van der Waals surface area contributed by atoms with Crippen molar-refractivity contribution in [2.75, 3.05) is 0 Å². The maximum Gasteiger partial charge on any atom is 0.350 e. The van der Waals surface area contributed by atoms with Crippen LogP contribution in [0.25, 0.3) is 0 Å². The van der Waals surface area contributed by atoms with E-state index in [0.29, 0.717) is 0 Å². The largest absolute Gasteiger partial charge is 0.350 e. The minimum absolute atomic E-state index is 0.204. The van der Waals surface area contributed by atoms with Crippen LogP contribution in [0.15, 0.2) is 15.8 Å². The van der Waals surface area contributed by atoms with Gasteiger partial charge in [0, 0.05) is 13.1 Å². The smallest absolute Gasteiger partial charge is 0.297 e. The van der Waals surface area contributed by atoms with Crippen LogP contribution < -0.4 is 11.2 Å². The second-order valence-electron chi connectivity index (χ2n) is 4.63. The van der Waals surface area contributed by atoms with Crippen LogP contribution in [-0.2, 0) is 7.05 Å². The lowest BCUT2D eigenvalue weighted by atomic mass is 9.95. The molecule has 0 amide bonds. The highest BCUT2D eigenvalue weighted by Crippen LogP contribution is 2.26. The molecule has 1 fully saturated rings. The summed E-state index contributed by atoms with van der Waals surface area (Å²) in [5.74, 6) is 0. The second kappa shape index (κ2) is 4.75. The van der Waals surface area contributed by atoms with Crippen molar-refractivity contribution in [2.45, 2.75) is 38.1 Å². The van der Waals surface area contributed by atoms with Gasteiger partial charge in [0.1, 0.15) is 0 Å². The number of aromatic nitrogens is 2. The molecule has 0 bridgehead atoms. The van der Waals surface area contributed by atoms with E-state index in [-0.39, 0.29) is 6.04 Å². The van der Waals surface area contributed by atoms with Crippen molar-refractivity contribution in [1.82, 2.24) is 9.13 Å². The zero-order valence-electron chi connectivity index (χ0n) is 10.2. The average Bonchev–Trinajstić information content (AvgIpc) is 2.35. The molecule has 2 rings (SSSR count). The summed E-state index contributed by atoms with van der Waals surface area (Å²) in [6, 6.07) is -0.204. The summed E-state index contributed by atoms with van der Waals surface area (Å²) in [4.78, 5) is 34.0. The van der Waals surface area contributed by atoms with Gasteiger partial charge in [0.15, 0.2) is 0 Å². The Kier molecular flexibility index (Phi) is 3.31. The van der Waals surface area contributed by atoms with E-state index >= 15 is 0 Å². The molecule has 1 aromatic rings. The van der Waals surface area contributed by atoms with Crippen molar-refractivity contribution in [2.24, 2.45) is 7.05 Å². The lowest BCUT2D eigenvalue weighted by Gasteiger charge is -2.23. The minimum atomic E-state index is -0.782. The van der Waals surface area contributed by atoms with Crippen molar-refractivity contribution in [3.8, 4) is 0 Å². The van der Waals surface area contributed by atoms with Gasteiger partial charge in [0.2, 0.25) is 0 Å². The molecule has 1 aliphatic carbocycles. The molecular formula is C11H15N3O4. The molecule has 1 heterocycles. The highest BCUT2D eigenvalue weighted by atomic mass is 16.6. The number of rotatable bonds is 2. The summed E-state index contributed by atoms with van der Waals surface area (Å²) in [6.07, 6.45) is 5.43. The Balaban J connectivity index is 2.61. The number of hydrogen-bond acceptors (Lipinski definition) is 4. The molecule has 0 saturated heterocycles. The van der Waals surface area contributed by atoms with Gasteiger partial charge in [-0.3, -0.25) is 24.0 Å². The molecule has 0 aromatic carbocycles. The van der Waals surface area contributed by atoms with Crippen LogP contribution in [0.5, 0.6) is 0 Å². The van der Waals surface area contributed by atoms with E-state index in [1.165, 1.54) is 7.05 Å². The SMILES string of the molecule is Cn1cc([N+](=O)[O-])c(=O)n(C2CCCCC2)c1=O. The Labute approximate surface area is 103 Å². The van der Waals surface area contributed by atoms with E-state index in [4.69, 9.17) is 0 Å². The number of hydrogen-bond donors (Lipinski definition) is 0. The molecule has 7 heteroatoms. The molecule has 7 nitrogen and oxygen atoms in total. The first-order chi connectivity index (χ1) is 8.52. The van der Waals surface area contributed by atoms with E-state index in [9.17, 15) is 19.7 Å². The van der Waals surface area contributed by atoms with Gasteiger partial charge in [0.05, 0.1) is 11.1 Å². The summed E-state index contributed by atoms with van der Waals surface area (Å²) in [7, 11) is 1.42. The van der Waals surface area contributed by atoms with Gasteiger partial charge in [-0.15, -0.1) is 0 Å². The second-order valence-corrected chi connectivity index (χ2v) is 4.63. The highest BCUT2D eigenvalue weighted by Gasteiger charge is 2.25. The van der Waals surface area contributed by atoms with Gasteiger partial charge in [-0.1, -0.05) is 19.3 Å². The molecule has 1 saturated carbocycles. The van der Waals surface area contributed by atoms with Crippen molar-refractivity contribution < 1.29 is 4.92 Å². The predicted molar refractivity (Wildman–Crippen MR) is 64.7 cm³/mol. The van der Waals surface area contributed by atoms with Crippen molar-refractivity contribution in [1.29, 1.82) is 0 Å². The van der Waals surface area contributed by atoms with Crippen molar-refractivity contribution in [3.63, 3.8) is 0 Å². The van der Waals surface area contributed by atoms with Crippen molar-refractivity contribution in [3.05, 3.63) is 37.1 Å². The van der Waals surface area contributed by atoms with Crippen LogP contribution in [0, 0.1) is 10.1 Å². The van der Waals surface area contributed by atoms with E-state index in [2.05, 4.69) is 0 Å². The first-order valence-electron chi connectivity index (χ1n) is 5.99. The third-order valence-electron chi connectivity index (χ3n) is 3.40. The van der Waals surface area contributed by atoms with Crippen LogP contribution in [0.4, 0.5) is 5.69 Å². The van der Waals surface area contributed by atoms with Gasteiger partial charge < -0.3 is 0 Å². The topological polar surface area (TPSA) is 87.1 Å². The monoisotopic (exact) mass is 253 g/mol. The van der Waals surface area contributed by atoms with Crippen LogP contribution in [0.1, 0.15) is 38.1 Å². The zero-order valence-corrected chi connectivity index (χ0v) is 10.2. The fourth-order valence-electron chi connectivity index (χ4n) is 2.46. The fraction of sp³-hybridized carbons (Fsp3) is 0.636. The summed E-state index contributed by atoms with van der Waals surface area (Å²) < 4.78 is 2.16. The highest BCUT2D eigenvalue weighted by molar-refractivity contribution is 5.22. The zero-order chi connectivity index (χ0) is 13.3. The predicted octanol–water partition coefficient (Wildman–Crippen LogP) is 0.960. The quantitative estimate of drug-likeness (QED) is 0.580. The maximum absolute atomic E-state index is 12.0. The minimum Gasteiger partial charge on any atom is -0.297 e. The Morgan fingerprint density at radius 1 is 1.28 bits per heavy atom. The molecule has 0 radical (unpaired) electrons. The third-order valence-corrected chi connectivity index (χ3v) is 3.40. The van der Waals surface area contributed by atoms with Crippen LogP contribution in [0.2, 0.25) is 0 Å². The number of nitro groups is 1. The van der Waals surface area contributed by atoms with Gasteiger partial charge in [-0.2, -0.15) is 0 Å². The van der Waals surface area contributed by atoms with Gasteiger partial charge >= 0.3 is 16.9 Å². The number of nitrogens with zero attached hydrogens (tertiary/aromatic N) is 3. The van der Waals surface area contributed by atoms with Crippen LogP contribution in [0.3, 0.4) is 0 Å². The Hall–Kier alpha value is -1.92. The van der Waals surface area contributed by atoms with E-state index in [0.717, 1.165) is 47.4 Å². The molecular weight excluding hydrogens is 238 g/mol. The van der Waals surface area contributed by atoms with Crippen molar-refractivity contribution >= 4 is 5.69 Å². The summed E-state index contributed by atoms with van der Waals surface area (Å²) in [5.41, 5.74) is -1.80. The normalized spacial score (nSPS) is 16.7. The molecule has 0 aliphatic heterocycles. The van der Waals surface area contributed by atoms with E-state index < -0.39 is 21.9 Å². The lowest BCUT2D eigenvalue weighted by molar-refractivity contribution is -0.387. The first kappa shape index (κ1) is 12.5. The summed E-state index contributed by atoms with van der Waals surface area (Å²) in [5, 5.41) is 10.8. The molecule has 0 N–H and O–H groups in total. The van der Waals surface area contributed by atoms with E-state index in [1.54, 1.807) is 0 Å². The third kappa shape index (κ3) is 2.07. The maximum atomic E-state index is 12.0. The molecule has 18 heavy (non-hydrogen) atoms. The van der Waals surface area contributed by atoms with Crippen LogP contribution >= 0.6 is 0 Å². The molecule has 0 spiro atoms. The molecule has 1 aromatic heterocycles. The Morgan fingerprint density at radius 2 is 1.89 bits per heavy atom. The van der Waals surface area contributed by atoms with Gasteiger partial charge in [-0.25, -0.2) is 4.79 Å². The van der Waals surface area contributed by atoms with Crippen LogP contribution in [-0.4, -0.2) is 14.1 Å². The molecule has 1 aliphatic rings. The van der Waals surface area contributed by atoms with E-state index in [1.807, 2.05) is 0 Å². The standard InChI is InChI=1S/C11H15N3O4/c1-12-7-9(14(17)18)10(15)13(11(12)16)8-5-3-2-4-6-8/h7-8H,2-6H2,1H3. The number of aryl methyl sites for hydroxylation is 1.